The minimum atomic E-state index is -0.518. The normalized spacial score (nSPS) is 11.3. The molecule has 0 saturated carbocycles. The van der Waals surface area contributed by atoms with E-state index in [0.29, 0.717) is 0 Å². The number of nitrogens with zero attached hydrogens (tertiary/aromatic N) is 2. The van der Waals surface area contributed by atoms with Crippen molar-refractivity contribution in [3.63, 3.8) is 0 Å². The van der Waals surface area contributed by atoms with E-state index in [0.717, 1.165) is 6.32 Å². The molecule has 0 aliphatic rings. The quantitative estimate of drug-likeness (QED) is 0.355. The lowest BCUT2D eigenvalue weighted by molar-refractivity contribution is 0.460. The maximum Gasteiger partial charge on any atom is 0.137 e. The largest absolute Gasteiger partial charge is 0.253 e. The second-order valence-corrected chi connectivity index (χ2v) is 6.71. The maximum absolute atomic E-state index is 4.83. The molecule has 27 heavy (non-hydrogen) atoms. The van der Waals surface area contributed by atoms with Crippen LogP contribution in [0.2, 0.25) is 6.82 Å². The Bertz CT molecular complexity index is 882. The van der Waals surface area contributed by atoms with Gasteiger partial charge in [0.2, 0.25) is 0 Å². The molecule has 3 aromatic carbocycles. The molecule has 0 amide bonds. The predicted molar refractivity (Wildman–Crippen MR) is 112 cm³/mol. The first-order chi connectivity index (χ1) is 13.4. The zero-order chi connectivity index (χ0) is 18.5. The molecule has 0 fully saturated rings. The fraction of sp³-hybridized carbons (Fsp3) is 0.125. The molecule has 0 unspecified atom stereocenters. The van der Waals surface area contributed by atoms with E-state index < -0.39 is 5.54 Å². The highest BCUT2D eigenvalue weighted by atomic mass is 15.3. The van der Waals surface area contributed by atoms with E-state index in [1.54, 1.807) is 0 Å². The third kappa shape index (κ3) is 3.10. The molecular weight excluding hydrogens is 327 g/mol. The van der Waals surface area contributed by atoms with Gasteiger partial charge in [0.25, 0.3) is 0 Å². The van der Waals surface area contributed by atoms with Gasteiger partial charge in [-0.05, 0) is 22.3 Å². The van der Waals surface area contributed by atoms with Gasteiger partial charge in [-0.2, -0.15) is 5.10 Å². The Labute approximate surface area is 161 Å². The number of hydrogen-bond acceptors (Lipinski definition) is 1. The summed E-state index contributed by atoms with van der Waals surface area (Å²) in [6.07, 6.45) is 5.06. The monoisotopic (exact) mass is 349 g/mol. The van der Waals surface area contributed by atoms with Gasteiger partial charge in [0.1, 0.15) is 12.8 Å². The molecular formula is C24H22BN2. The molecule has 0 atom stereocenters. The lowest BCUT2D eigenvalue weighted by Gasteiger charge is -2.36. The van der Waals surface area contributed by atoms with E-state index in [2.05, 4.69) is 116 Å². The maximum atomic E-state index is 4.83. The van der Waals surface area contributed by atoms with E-state index in [1.165, 1.54) is 22.3 Å². The van der Waals surface area contributed by atoms with Crippen LogP contribution in [0.1, 0.15) is 22.3 Å². The summed E-state index contributed by atoms with van der Waals surface area (Å²) in [4.78, 5) is 0. The molecule has 1 heterocycles. The Balaban J connectivity index is 2.06. The van der Waals surface area contributed by atoms with Crippen molar-refractivity contribution in [3.05, 3.63) is 126 Å². The van der Waals surface area contributed by atoms with Crippen LogP contribution < -0.4 is 0 Å². The van der Waals surface area contributed by atoms with Gasteiger partial charge in [0.15, 0.2) is 0 Å². The van der Waals surface area contributed by atoms with Crippen LogP contribution in [0.25, 0.3) is 0 Å². The Morgan fingerprint density at radius 1 is 0.741 bits per heavy atom. The molecule has 4 rings (SSSR count). The van der Waals surface area contributed by atoms with Gasteiger partial charge in [0, 0.05) is 6.20 Å². The van der Waals surface area contributed by atoms with Crippen LogP contribution in [0.5, 0.6) is 0 Å². The summed E-state index contributed by atoms with van der Waals surface area (Å²) in [7, 11) is 2.16. The molecule has 0 N–H and O–H groups in total. The van der Waals surface area contributed by atoms with E-state index in [9.17, 15) is 0 Å². The number of rotatable bonds is 6. The predicted octanol–water partition coefficient (Wildman–Crippen LogP) is 4.98. The Kier molecular flexibility index (Phi) is 4.93. The Morgan fingerprint density at radius 3 is 1.59 bits per heavy atom. The highest BCUT2D eigenvalue weighted by Crippen LogP contribution is 2.40. The van der Waals surface area contributed by atoms with Gasteiger partial charge < -0.3 is 0 Å². The summed E-state index contributed by atoms with van der Waals surface area (Å²) in [5, 5.41) is 4.83. The van der Waals surface area contributed by atoms with Crippen molar-refractivity contribution in [2.75, 3.05) is 0 Å². The zero-order valence-electron chi connectivity index (χ0n) is 15.5. The SMILES string of the molecule is C[B]Cc1cnn(C(c2ccccc2)(c2ccccc2)c2ccccc2)c1. The standard InChI is InChI=1S/C24H22BN2/c1-25-17-20-18-26-27(19-20)24(21-11-5-2-6-12-21,22-13-7-3-8-14-22)23-15-9-4-10-16-23/h2-16,18-19H,17H2,1H3. The van der Waals surface area contributed by atoms with Crippen LogP contribution in [0.4, 0.5) is 0 Å². The van der Waals surface area contributed by atoms with Gasteiger partial charge in [-0.15, -0.1) is 0 Å². The van der Waals surface area contributed by atoms with Crippen molar-refractivity contribution < 1.29 is 0 Å². The van der Waals surface area contributed by atoms with Crippen molar-refractivity contribution >= 4 is 7.28 Å². The van der Waals surface area contributed by atoms with Crippen molar-refractivity contribution in [3.8, 4) is 0 Å². The first kappa shape index (κ1) is 17.4. The summed E-state index contributed by atoms with van der Waals surface area (Å²) in [5.41, 5.74) is 4.27. The Morgan fingerprint density at radius 2 is 1.19 bits per heavy atom. The lowest BCUT2D eigenvalue weighted by Crippen LogP contribution is -2.38. The van der Waals surface area contributed by atoms with E-state index >= 15 is 0 Å². The minimum absolute atomic E-state index is 0.518. The summed E-state index contributed by atoms with van der Waals surface area (Å²) >= 11 is 0. The van der Waals surface area contributed by atoms with Crippen molar-refractivity contribution in [1.29, 1.82) is 0 Å². The molecule has 0 aliphatic carbocycles. The van der Waals surface area contributed by atoms with Crippen LogP contribution in [-0.2, 0) is 11.9 Å². The van der Waals surface area contributed by atoms with Crippen LogP contribution in [0.3, 0.4) is 0 Å². The topological polar surface area (TPSA) is 17.8 Å². The van der Waals surface area contributed by atoms with Gasteiger partial charge in [-0.25, -0.2) is 0 Å². The fourth-order valence-corrected chi connectivity index (χ4v) is 3.82. The summed E-state index contributed by atoms with van der Waals surface area (Å²) < 4.78 is 2.12. The van der Waals surface area contributed by atoms with Gasteiger partial charge in [0.05, 0.1) is 6.20 Å². The molecule has 2 nitrogen and oxygen atoms in total. The van der Waals surface area contributed by atoms with Gasteiger partial charge in [-0.3, -0.25) is 4.68 Å². The van der Waals surface area contributed by atoms with Crippen molar-refractivity contribution in [1.82, 2.24) is 9.78 Å². The van der Waals surface area contributed by atoms with Crippen molar-refractivity contribution in [2.45, 2.75) is 18.7 Å². The fourth-order valence-electron chi connectivity index (χ4n) is 3.82. The van der Waals surface area contributed by atoms with Gasteiger partial charge >= 0.3 is 0 Å². The van der Waals surface area contributed by atoms with E-state index in [4.69, 9.17) is 5.10 Å². The van der Waals surface area contributed by atoms with Crippen LogP contribution in [0, 0.1) is 0 Å². The molecule has 0 aliphatic heterocycles. The highest BCUT2D eigenvalue weighted by molar-refractivity contribution is 6.32. The summed E-state index contributed by atoms with van der Waals surface area (Å²) in [5.74, 6) is 0. The molecule has 3 heteroatoms. The molecule has 0 bridgehead atoms. The van der Waals surface area contributed by atoms with Crippen LogP contribution >= 0.6 is 0 Å². The van der Waals surface area contributed by atoms with Gasteiger partial charge in [-0.1, -0.05) is 104 Å². The minimum Gasteiger partial charge on any atom is -0.253 e. The molecule has 0 saturated heterocycles. The first-order valence-corrected chi connectivity index (χ1v) is 9.34. The number of benzene rings is 3. The zero-order valence-corrected chi connectivity index (χ0v) is 15.5. The number of hydrogen-bond donors (Lipinski definition) is 0. The Hall–Kier alpha value is -3.07. The molecule has 0 spiro atoms. The molecule has 131 valence electrons. The third-order valence-corrected chi connectivity index (χ3v) is 4.99. The molecule has 1 radical (unpaired) electrons. The second-order valence-electron chi connectivity index (χ2n) is 6.71. The average Bonchev–Trinajstić information content (AvgIpc) is 3.20. The van der Waals surface area contributed by atoms with Crippen LogP contribution in [0.15, 0.2) is 103 Å². The van der Waals surface area contributed by atoms with E-state index in [1.807, 2.05) is 6.20 Å². The number of aromatic nitrogens is 2. The van der Waals surface area contributed by atoms with Crippen LogP contribution in [-0.4, -0.2) is 17.1 Å². The highest BCUT2D eigenvalue weighted by Gasteiger charge is 2.39. The smallest absolute Gasteiger partial charge is 0.137 e. The van der Waals surface area contributed by atoms with E-state index in [-0.39, 0.29) is 0 Å². The molecule has 1 aromatic heterocycles. The summed E-state index contributed by atoms with van der Waals surface area (Å²) in [6.45, 7) is 2.08. The average molecular weight is 349 g/mol. The third-order valence-electron chi connectivity index (χ3n) is 4.99. The van der Waals surface area contributed by atoms with Crippen molar-refractivity contribution in [2.24, 2.45) is 0 Å². The first-order valence-electron chi connectivity index (χ1n) is 9.34. The lowest BCUT2D eigenvalue weighted by atomic mass is 9.75. The summed E-state index contributed by atoms with van der Waals surface area (Å²) in [6, 6.07) is 31.9. The molecule has 4 aromatic rings. The second kappa shape index (κ2) is 7.67.